The summed E-state index contributed by atoms with van der Waals surface area (Å²) in [5.41, 5.74) is 2.74. The summed E-state index contributed by atoms with van der Waals surface area (Å²) in [7, 11) is 0. The van der Waals surface area contributed by atoms with Crippen molar-refractivity contribution in [3.05, 3.63) is 94.1 Å². The number of carboxylic acid groups (broad SMARTS) is 1. The number of aliphatic carboxylic acids is 1. The second-order valence-electron chi connectivity index (χ2n) is 9.24. The highest BCUT2D eigenvalue weighted by Gasteiger charge is 2.30. The van der Waals surface area contributed by atoms with Gasteiger partial charge in [0, 0.05) is 22.7 Å². The van der Waals surface area contributed by atoms with Crippen LogP contribution in [-0.2, 0) is 23.9 Å². The van der Waals surface area contributed by atoms with Gasteiger partial charge in [0.15, 0.2) is 0 Å². The molecule has 6 nitrogen and oxygen atoms in total. The lowest BCUT2D eigenvalue weighted by Gasteiger charge is -2.13. The Morgan fingerprint density at radius 3 is 2.41 bits per heavy atom. The third kappa shape index (κ3) is 7.11. The molecule has 0 aliphatic carbocycles. The lowest BCUT2D eigenvalue weighted by molar-refractivity contribution is -0.141. The second-order valence-corrected chi connectivity index (χ2v) is 9.68. The number of aryl methyl sites for hydroxylation is 1. The van der Waals surface area contributed by atoms with Gasteiger partial charge >= 0.3 is 12.1 Å². The van der Waals surface area contributed by atoms with E-state index in [0.29, 0.717) is 57.8 Å². The lowest BCUT2D eigenvalue weighted by Crippen LogP contribution is -2.22. The van der Waals surface area contributed by atoms with Gasteiger partial charge in [-0.15, -0.1) is 0 Å². The van der Waals surface area contributed by atoms with Gasteiger partial charge < -0.3 is 10.4 Å². The number of aromatic nitrogens is 2. The summed E-state index contributed by atoms with van der Waals surface area (Å²) >= 11 is 6.00. The van der Waals surface area contributed by atoms with Gasteiger partial charge in [0.2, 0.25) is 0 Å². The topological polar surface area (TPSA) is 92.2 Å². The van der Waals surface area contributed by atoms with E-state index in [1.54, 1.807) is 43.3 Å². The van der Waals surface area contributed by atoms with Crippen molar-refractivity contribution in [1.29, 1.82) is 0 Å². The molecule has 0 aliphatic heterocycles. The number of alkyl halides is 3. The summed E-state index contributed by atoms with van der Waals surface area (Å²) in [5.74, 6) is -1.78. The minimum Gasteiger partial charge on any atom is -0.481 e. The lowest BCUT2D eigenvalue weighted by atomic mass is 10.00. The van der Waals surface area contributed by atoms with Gasteiger partial charge in [-0.25, -0.2) is 9.97 Å². The van der Waals surface area contributed by atoms with Crippen molar-refractivity contribution in [3.8, 4) is 11.3 Å². The predicted octanol–water partition coefficient (Wildman–Crippen LogP) is 6.94. The van der Waals surface area contributed by atoms with Crippen LogP contribution in [0, 0.1) is 5.92 Å². The molecule has 0 saturated heterocycles. The van der Waals surface area contributed by atoms with Crippen LogP contribution in [0.25, 0.3) is 22.3 Å². The van der Waals surface area contributed by atoms with Crippen LogP contribution >= 0.6 is 11.6 Å². The Kier molecular flexibility index (Phi) is 8.50. The molecule has 0 saturated carbocycles. The number of halogens is 4. The van der Waals surface area contributed by atoms with Crippen molar-refractivity contribution < 1.29 is 27.9 Å². The number of carbonyl (C=O) groups is 2. The highest BCUT2D eigenvalue weighted by atomic mass is 35.5. The number of nitrogens with zero attached hydrogens (tertiary/aromatic N) is 2. The van der Waals surface area contributed by atoms with E-state index in [9.17, 15) is 27.9 Å². The first-order valence-electron chi connectivity index (χ1n) is 12.2. The average molecular weight is 556 g/mol. The van der Waals surface area contributed by atoms with Crippen LogP contribution in [0.5, 0.6) is 0 Å². The van der Waals surface area contributed by atoms with Gasteiger partial charge in [-0.3, -0.25) is 9.59 Å². The number of benzene rings is 3. The quantitative estimate of drug-likeness (QED) is 0.233. The molecule has 1 unspecified atom stereocenters. The first-order chi connectivity index (χ1) is 18.5. The van der Waals surface area contributed by atoms with E-state index >= 15 is 0 Å². The molecule has 1 heterocycles. The van der Waals surface area contributed by atoms with Crippen LogP contribution < -0.4 is 5.32 Å². The number of nitrogens with one attached hydrogen (secondary N) is 1. The molecule has 1 atom stereocenters. The maximum atomic E-state index is 13.1. The Bertz CT molecular complexity index is 1510. The summed E-state index contributed by atoms with van der Waals surface area (Å²) in [6.45, 7) is 1.89. The minimum atomic E-state index is -4.47. The largest absolute Gasteiger partial charge is 0.481 e. The Labute approximate surface area is 227 Å². The normalized spacial score (nSPS) is 12.3. The fourth-order valence-electron chi connectivity index (χ4n) is 4.09. The van der Waals surface area contributed by atoms with Gasteiger partial charge in [-0.2, -0.15) is 13.2 Å². The van der Waals surface area contributed by atoms with Crippen LogP contribution in [-0.4, -0.2) is 27.0 Å². The molecule has 39 heavy (non-hydrogen) atoms. The Balaban J connectivity index is 1.64. The number of fused-ring (bicyclic) bond motifs is 1. The van der Waals surface area contributed by atoms with Crippen LogP contribution in [0.1, 0.15) is 46.9 Å². The monoisotopic (exact) mass is 555 g/mol. The van der Waals surface area contributed by atoms with Crippen molar-refractivity contribution in [2.45, 2.75) is 38.9 Å². The zero-order valence-electron chi connectivity index (χ0n) is 20.9. The second kappa shape index (κ2) is 11.8. The molecule has 202 valence electrons. The SMILES string of the molecule is CC(CCCc1nc2cc(C(=O)NCc3cccc(Cl)c3)ccc2nc1-c1ccc(C(F)(F)F)cc1)C(=O)O. The fourth-order valence-corrected chi connectivity index (χ4v) is 4.30. The molecule has 4 aromatic rings. The number of rotatable bonds is 9. The number of hydrogen-bond acceptors (Lipinski definition) is 4. The van der Waals surface area contributed by atoms with Gasteiger partial charge in [-0.05, 0) is 67.3 Å². The fraction of sp³-hybridized carbons (Fsp3) is 0.241. The van der Waals surface area contributed by atoms with E-state index in [1.807, 2.05) is 6.07 Å². The smallest absolute Gasteiger partial charge is 0.416 e. The molecule has 0 aliphatic rings. The van der Waals surface area contributed by atoms with Crippen molar-refractivity contribution in [2.24, 2.45) is 5.92 Å². The van der Waals surface area contributed by atoms with Crippen molar-refractivity contribution >= 4 is 34.5 Å². The van der Waals surface area contributed by atoms with E-state index in [1.165, 1.54) is 12.1 Å². The number of carbonyl (C=O) groups excluding carboxylic acids is 1. The Morgan fingerprint density at radius 2 is 1.74 bits per heavy atom. The highest BCUT2D eigenvalue weighted by molar-refractivity contribution is 6.30. The summed E-state index contributed by atoms with van der Waals surface area (Å²) in [5, 5.41) is 12.6. The average Bonchev–Trinajstić information content (AvgIpc) is 2.90. The van der Waals surface area contributed by atoms with E-state index in [0.717, 1.165) is 17.7 Å². The summed E-state index contributed by atoms with van der Waals surface area (Å²) in [6, 6.07) is 16.7. The molecular weight excluding hydrogens is 531 g/mol. The molecule has 0 bridgehead atoms. The Hall–Kier alpha value is -3.98. The number of hydrogen-bond donors (Lipinski definition) is 2. The third-order valence-electron chi connectivity index (χ3n) is 6.30. The number of carboxylic acids is 1. The molecule has 3 aromatic carbocycles. The maximum absolute atomic E-state index is 13.1. The van der Waals surface area contributed by atoms with Crippen LogP contribution in [0.4, 0.5) is 13.2 Å². The van der Waals surface area contributed by atoms with Crippen LogP contribution in [0.3, 0.4) is 0 Å². The number of amides is 1. The third-order valence-corrected chi connectivity index (χ3v) is 6.53. The van der Waals surface area contributed by atoms with E-state index in [4.69, 9.17) is 16.6 Å². The maximum Gasteiger partial charge on any atom is 0.416 e. The van der Waals surface area contributed by atoms with Crippen LogP contribution in [0.15, 0.2) is 66.7 Å². The molecule has 1 amide bonds. The molecule has 2 N–H and O–H groups in total. The Morgan fingerprint density at radius 1 is 1.00 bits per heavy atom. The molecular formula is C29H25ClF3N3O3. The van der Waals surface area contributed by atoms with E-state index < -0.39 is 23.6 Å². The molecule has 0 radical (unpaired) electrons. The zero-order valence-corrected chi connectivity index (χ0v) is 21.7. The molecule has 1 aromatic heterocycles. The van der Waals surface area contributed by atoms with Gasteiger partial charge in [0.25, 0.3) is 5.91 Å². The molecule has 0 spiro atoms. The van der Waals surface area contributed by atoms with Gasteiger partial charge in [-0.1, -0.05) is 42.8 Å². The van der Waals surface area contributed by atoms with Crippen molar-refractivity contribution in [3.63, 3.8) is 0 Å². The van der Waals surface area contributed by atoms with Crippen LogP contribution in [0.2, 0.25) is 5.02 Å². The van der Waals surface area contributed by atoms with Gasteiger partial charge in [0.05, 0.1) is 33.9 Å². The van der Waals surface area contributed by atoms with Crippen molar-refractivity contribution in [2.75, 3.05) is 0 Å². The minimum absolute atomic E-state index is 0.281. The molecule has 4 rings (SSSR count). The van der Waals surface area contributed by atoms with Crippen molar-refractivity contribution in [1.82, 2.24) is 15.3 Å². The molecule has 10 heteroatoms. The summed E-state index contributed by atoms with van der Waals surface area (Å²) in [6.07, 6.45) is -3.22. The standard InChI is InChI=1S/C29H25ClF3N3O3/c1-17(28(38)39)4-2-7-24-26(19-8-11-21(12-9-19)29(31,32)33)36-23-13-10-20(15-25(23)35-24)27(37)34-16-18-5-3-6-22(30)14-18/h3,5-6,8-15,17H,2,4,7,16H2,1H3,(H,34,37)(H,38,39). The molecule has 0 fully saturated rings. The predicted molar refractivity (Wildman–Crippen MR) is 142 cm³/mol. The first kappa shape index (κ1) is 28.0. The zero-order chi connectivity index (χ0) is 28.2. The van der Waals surface area contributed by atoms with E-state index in [2.05, 4.69) is 10.3 Å². The van der Waals surface area contributed by atoms with Gasteiger partial charge in [0.1, 0.15) is 0 Å². The van der Waals surface area contributed by atoms with E-state index in [-0.39, 0.29) is 12.5 Å². The summed E-state index contributed by atoms with van der Waals surface area (Å²) < 4.78 is 39.2. The first-order valence-corrected chi connectivity index (χ1v) is 12.6. The highest BCUT2D eigenvalue weighted by Crippen LogP contribution is 2.32. The summed E-state index contributed by atoms with van der Waals surface area (Å²) in [4.78, 5) is 33.4.